The van der Waals surface area contributed by atoms with Gasteiger partial charge in [-0.2, -0.15) is 4.31 Å². The Morgan fingerprint density at radius 1 is 1.09 bits per heavy atom. The quantitative estimate of drug-likeness (QED) is 0.276. The topological polar surface area (TPSA) is 156 Å². The lowest BCUT2D eigenvalue weighted by Crippen LogP contribution is -2.39. The zero-order valence-corrected chi connectivity index (χ0v) is 25.6. The summed E-state index contributed by atoms with van der Waals surface area (Å²) in [5.41, 5.74) is 2.12. The van der Waals surface area contributed by atoms with Gasteiger partial charge in [-0.3, -0.25) is 9.10 Å². The highest BCUT2D eigenvalue weighted by molar-refractivity contribution is 7.92. The third-order valence-electron chi connectivity index (χ3n) is 7.93. The van der Waals surface area contributed by atoms with Crippen molar-refractivity contribution in [1.82, 2.24) is 19.9 Å². The molecular weight excluding hydrogens is 613 g/mol. The number of sulfonamides is 2. The van der Waals surface area contributed by atoms with Crippen LogP contribution in [-0.2, 0) is 20.0 Å². The second-order valence-electron chi connectivity index (χ2n) is 10.6. The molecule has 0 unspecified atom stereocenters. The largest absolute Gasteiger partial charge is 0.455 e. The van der Waals surface area contributed by atoms with Crippen molar-refractivity contribution >= 4 is 53.6 Å². The van der Waals surface area contributed by atoms with Crippen LogP contribution in [0.15, 0.2) is 68.5 Å². The number of nitrogens with one attached hydrogen (secondary N) is 1. The van der Waals surface area contributed by atoms with Crippen molar-refractivity contribution in [3.63, 3.8) is 0 Å². The molecule has 1 N–H and O–H groups in total. The van der Waals surface area contributed by atoms with Gasteiger partial charge in [-0.05, 0) is 77.1 Å². The number of aromatic nitrogens is 2. The molecule has 3 heterocycles. The monoisotopic (exact) mass is 641 g/mol. The molecule has 1 fully saturated rings. The van der Waals surface area contributed by atoms with Crippen LogP contribution in [0.4, 0.5) is 10.1 Å². The van der Waals surface area contributed by atoms with Gasteiger partial charge < -0.3 is 9.73 Å². The fourth-order valence-corrected chi connectivity index (χ4v) is 7.80. The first-order chi connectivity index (χ1) is 20.9. The molecule has 12 nitrogen and oxygen atoms in total. The number of piperidine rings is 1. The molecule has 0 spiro atoms. The third-order valence-corrected chi connectivity index (χ3v) is 11.0. The fraction of sp³-hybridized carbons (Fsp3) is 0.276. The van der Waals surface area contributed by atoms with E-state index < -0.39 is 37.7 Å². The first-order valence-corrected chi connectivity index (χ1v) is 16.9. The number of carbonyl (C=O) groups is 1. The smallest absolute Gasteiger partial charge is 0.255 e. The number of benzene rings is 3. The molecule has 1 atom stereocenters. The van der Waals surface area contributed by atoms with Crippen LogP contribution in [0.5, 0.6) is 0 Å². The van der Waals surface area contributed by atoms with E-state index in [0.717, 1.165) is 10.6 Å². The first-order valence-electron chi connectivity index (χ1n) is 13.6. The standard InChI is InChI=1S/C29H28FN5O7S2/c1-31-29(36)26-21-14-20(18-6-5-13-35(16-18)44(39,40)25-8-4-7-22-27(25)33-42-32-22)23(34(2)43(3,37)38)15-24(21)41-28(26)17-9-11-19(30)12-10-17/h4,7-12,14-15,18H,5-6,13,16H2,1-3H3,(H,31,36)/t18-/m1/s1. The van der Waals surface area contributed by atoms with Crippen LogP contribution in [0.2, 0.25) is 0 Å². The predicted molar refractivity (Wildman–Crippen MR) is 161 cm³/mol. The fourth-order valence-electron chi connectivity index (χ4n) is 5.63. The SMILES string of the molecule is CNC(=O)c1c(-c2ccc(F)cc2)oc2cc(N(C)S(C)(=O)=O)c([C@@H]3CCCN(S(=O)(=O)c4cccc5nonc45)C3)cc12. The zero-order valence-electron chi connectivity index (χ0n) is 23.9. The summed E-state index contributed by atoms with van der Waals surface area (Å²) in [6.07, 6.45) is 2.11. The number of carbonyl (C=O) groups excluding carboxylic acids is 1. The summed E-state index contributed by atoms with van der Waals surface area (Å²) >= 11 is 0. The Balaban J connectivity index is 1.51. The maximum Gasteiger partial charge on any atom is 0.255 e. The van der Waals surface area contributed by atoms with Gasteiger partial charge >= 0.3 is 0 Å². The summed E-state index contributed by atoms with van der Waals surface area (Å²) in [4.78, 5) is 13.1. The van der Waals surface area contributed by atoms with Crippen LogP contribution < -0.4 is 9.62 Å². The van der Waals surface area contributed by atoms with Gasteiger partial charge in [0, 0.05) is 44.2 Å². The van der Waals surface area contributed by atoms with Crippen LogP contribution in [0.25, 0.3) is 33.3 Å². The highest BCUT2D eigenvalue weighted by Gasteiger charge is 2.35. The number of anilines is 1. The van der Waals surface area contributed by atoms with Crippen LogP contribution in [-0.4, -0.2) is 70.8 Å². The minimum absolute atomic E-state index is 0.0398. The molecule has 2 aromatic heterocycles. The van der Waals surface area contributed by atoms with E-state index in [1.807, 2.05) is 0 Å². The molecule has 1 saturated heterocycles. The predicted octanol–water partition coefficient (Wildman–Crippen LogP) is 4.10. The van der Waals surface area contributed by atoms with Crippen LogP contribution in [0.1, 0.15) is 34.7 Å². The molecule has 5 aromatic rings. The van der Waals surface area contributed by atoms with Gasteiger partial charge in [0.2, 0.25) is 20.0 Å². The molecule has 0 aliphatic carbocycles. The number of hydrogen-bond donors (Lipinski definition) is 1. The van der Waals surface area contributed by atoms with E-state index in [0.29, 0.717) is 34.9 Å². The van der Waals surface area contributed by atoms with Crippen LogP contribution in [0, 0.1) is 5.82 Å². The maximum atomic E-state index is 13.8. The number of rotatable bonds is 7. The van der Waals surface area contributed by atoms with Crippen molar-refractivity contribution in [1.29, 1.82) is 0 Å². The Morgan fingerprint density at radius 2 is 1.84 bits per heavy atom. The summed E-state index contributed by atoms with van der Waals surface area (Å²) < 4.78 is 80.3. The van der Waals surface area contributed by atoms with Gasteiger partial charge in [0.1, 0.15) is 27.6 Å². The molecule has 0 bridgehead atoms. The van der Waals surface area contributed by atoms with Crippen molar-refractivity contribution in [3.8, 4) is 11.3 Å². The first kappa shape index (κ1) is 29.7. The van der Waals surface area contributed by atoms with Gasteiger partial charge in [-0.1, -0.05) is 6.07 Å². The number of amides is 1. The molecule has 230 valence electrons. The van der Waals surface area contributed by atoms with Gasteiger partial charge in [-0.15, -0.1) is 0 Å². The molecular formula is C29H28FN5O7S2. The Labute approximate surface area is 252 Å². The average molecular weight is 642 g/mol. The third kappa shape index (κ3) is 5.10. The summed E-state index contributed by atoms with van der Waals surface area (Å²) in [7, 11) is -4.92. The lowest BCUT2D eigenvalue weighted by molar-refractivity contribution is 0.0964. The van der Waals surface area contributed by atoms with Crippen LogP contribution >= 0.6 is 0 Å². The Hall–Kier alpha value is -4.34. The summed E-state index contributed by atoms with van der Waals surface area (Å²) in [6, 6.07) is 13.3. The van der Waals surface area contributed by atoms with E-state index in [2.05, 4.69) is 15.6 Å². The van der Waals surface area contributed by atoms with Crippen molar-refractivity contribution in [3.05, 3.63) is 71.5 Å². The number of halogens is 1. The van der Waals surface area contributed by atoms with Crippen molar-refractivity contribution in [2.75, 3.05) is 37.7 Å². The normalized spacial score (nSPS) is 16.4. The minimum atomic E-state index is -4.04. The second-order valence-corrected chi connectivity index (χ2v) is 14.5. The Kier molecular flexibility index (Phi) is 7.42. The molecule has 15 heteroatoms. The number of fused-ring (bicyclic) bond motifs is 2. The molecule has 44 heavy (non-hydrogen) atoms. The number of nitrogens with zero attached hydrogens (tertiary/aromatic N) is 4. The van der Waals surface area contributed by atoms with Gasteiger partial charge in [0.25, 0.3) is 5.91 Å². The molecule has 1 aliphatic heterocycles. The van der Waals surface area contributed by atoms with Gasteiger partial charge in [-0.25, -0.2) is 25.9 Å². The van der Waals surface area contributed by atoms with Crippen LogP contribution in [0.3, 0.4) is 0 Å². The van der Waals surface area contributed by atoms with Gasteiger partial charge in [0.05, 0.1) is 17.5 Å². The number of hydrogen-bond acceptors (Lipinski definition) is 9. The molecule has 3 aromatic carbocycles. The molecule has 1 aliphatic rings. The Morgan fingerprint density at radius 3 is 2.55 bits per heavy atom. The van der Waals surface area contributed by atoms with Gasteiger partial charge in [0.15, 0.2) is 5.52 Å². The van der Waals surface area contributed by atoms with Crippen molar-refractivity contribution in [2.24, 2.45) is 0 Å². The Bertz CT molecular complexity index is 2130. The summed E-state index contributed by atoms with van der Waals surface area (Å²) in [5.74, 6) is -1.18. The van der Waals surface area contributed by atoms with E-state index in [1.54, 1.807) is 24.3 Å². The van der Waals surface area contributed by atoms with Crippen molar-refractivity contribution in [2.45, 2.75) is 23.7 Å². The summed E-state index contributed by atoms with van der Waals surface area (Å²) in [5, 5.41) is 10.6. The van der Waals surface area contributed by atoms with E-state index in [9.17, 15) is 26.0 Å². The highest BCUT2D eigenvalue weighted by atomic mass is 32.2. The molecule has 6 rings (SSSR count). The molecule has 1 amide bonds. The lowest BCUT2D eigenvalue weighted by atomic mass is 9.89. The molecule has 0 saturated carbocycles. The number of furan rings is 1. The lowest BCUT2D eigenvalue weighted by Gasteiger charge is -2.34. The molecule has 0 radical (unpaired) electrons. The second kappa shape index (κ2) is 11.0. The van der Waals surface area contributed by atoms with E-state index in [1.165, 1.54) is 48.7 Å². The zero-order chi connectivity index (χ0) is 31.4. The summed E-state index contributed by atoms with van der Waals surface area (Å²) in [6.45, 7) is 0.280. The van der Waals surface area contributed by atoms with Crippen molar-refractivity contribution < 1.29 is 35.1 Å². The van der Waals surface area contributed by atoms with E-state index >= 15 is 0 Å². The minimum Gasteiger partial charge on any atom is -0.455 e. The van der Waals surface area contributed by atoms with E-state index in [4.69, 9.17) is 9.05 Å². The maximum absolute atomic E-state index is 13.8. The van der Waals surface area contributed by atoms with E-state index in [-0.39, 0.29) is 46.1 Å². The average Bonchev–Trinajstić information content (AvgIpc) is 3.64. The highest BCUT2D eigenvalue weighted by Crippen LogP contribution is 2.42.